The molecule has 0 rings (SSSR count). The molecule has 0 aromatic heterocycles. The van der Waals surface area contributed by atoms with E-state index in [1.54, 1.807) is 6.92 Å². The van der Waals surface area contributed by atoms with E-state index in [0.717, 1.165) is 38.5 Å². The minimum absolute atomic E-state index is 0.0878. The van der Waals surface area contributed by atoms with E-state index in [2.05, 4.69) is 38.1 Å². The van der Waals surface area contributed by atoms with Crippen molar-refractivity contribution in [2.45, 2.75) is 117 Å². The molecule has 0 radical (unpaired) electrons. The number of rotatable bonds is 18. The Balaban J connectivity index is 3.73. The lowest BCUT2D eigenvalue weighted by molar-refractivity contribution is -0.156. The van der Waals surface area contributed by atoms with E-state index in [-0.39, 0.29) is 17.4 Å². The molecule has 0 aliphatic carbocycles. The highest BCUT2D eigenvalue weighted by molar-refractivity contribution is 5.88. The lowest BCUT2D eigenvalue weighted by atomic mass is 9.95. The number of nitrogens with one attached hydrogen (secondary N) is 1. The Bertz CT molecular complexity index is 471. The maximum absolute atomic E-state index is 12.2. The monoisotopic (exact) mass is 407 g/mol. The summed E-state index contributed by atoms with van der Waals surface area (Å²) in [6.45, 7) is 9.38. The SMILES string of the molecule is C=C(C)C(=O)ONC(=O)C(CCC)CCCCCC/C=C\CCCCCCCC. The number of unbranched alkanes of at least 4 members (excludes halogenated alkanes) is 10. The van der Waals surface area contributed by atoms with Gasteiger partial charge in [0.05, 0.1) is 0 Å². The van der Waals surface area contributed by atoms with Crippen molar-refractivity contribution in [2.24, 2.45) is 5.92 Å². The molecule has 29 heavy (non-hydrogen) atoms. The van der Waals surface area contributed by atoms with Crippen LogP contribution < -0.4 is 5.48 Å². The molecule has 168 valence electrons. The van der Waals surface area contributed by atoms with Crippen LogP contribution in [0.4, 0.5) is 0 Å². The van der Waals surface area contributed by atoms with Gasteiger partial charge in [0.2, 0.25) is 0 Å². The summed E-state index contributed by atoms with van der Waals surface area (Å²) in [4.78, 5) is 28.4. The number of amides is 1. The van der Waals surface area contributed by atoms with E-state index in [1.807, 2.05) is 0 Å². The average Bonchev–Trinajstić information content (AvgIpc) is 2.71. The first-order valence-electron chi connectivity index (χ1n) is 11.8. The van der Waals surface area contributed by atoms with Crippen molar-refractivity contribution in [2.75, 3.05) is 0 Å². The Morgan fingerprint density at radius 2 is 1.38 bits per heavy atom. The van der Waals surface area contributed by atoms with Crippen molar-refractivity contribution in [1.29, 1.82) is 0 Å². The topological polar surface area (TPSA) is 55.4 Å². The summed E-state index contributed by atoms with van der Waals surface area (Å²) in [5.41, 5.74) is 2.57. The van der Waals surface area contributed by atoms with Gasteiger partial charge in [-0.2, -0.15) is 5.48 Å². The largest absolute Gasteiger partial charge is 0.358 e. The fourth-order valence-electron chi connectivity index (χ4n) is 3.31. The molecule has 4 nitrogen and oxygen atoms in total. The lowest BCUT2D eigenvalue weighted by Gasteiger charge is -2.15. The standard InChI is InChI=1S/C25H45NO3/c1-5-7-8-9-10-11-12-13-14-15-16-17-18-19-21-23(20-6-2)24(27)26-29-25(28)22(3)4/h13-14,23H,3,5-12,15-21H2,1-2,4H3,(H,26,27)/b14-13-. The molecule has 0 fully saturated rings. The van der Waals surface area contributed by atoms with Gasteiger partial charge < -0.3 is 4.84 Å². The average molecular weight is 408 g/mol. The van der Waals surface area contributed by atoms with Crippen LogP contribution in [0.1, 0.15) is 117 Å². The third-order valence-electron chi connectivity index (χ3n) is 5.17. The van der Waals surface area contributed by atoms with Gasteiger partial charge in [-0.05, 0) is 45.4 Å². The summed E-state index contributed by atoms with van der Waals surface area (Å²) in [7, 11) is 0. The maximum atomic E-state index is 12.2. The van der Waals surface area contributed by atoms with Crippen LogP contribution in [0.25, 0.3) is 0 Å². The van der Waals surface area contributed by atoms with Crippen LogP contribution in [-0.2, 0) is 14.4 Å². The zero-order valence-electron chi connectivity index (χ0n) is 19.3. The number of hydrogen-bond donors (Lipinski definition) is 1. The van der Waals surface area contributed by atoms with E-state index >= 15 is 0 Å². The number of allylic oxidation sites excluding steroid dienone is 2. The third-order valence-corrected chi connectivity index (χ3v) is 5.17. The minimum atomic E-state index is -0.585. The van der Waals surface area contributed by atoms with Crippen molar-refractivity contribution in [3.05, 3.63) is 24.3 Å². The molecule has 1 N–H and O–H groups in total. The van der Waals surface area contributed by atoms with Gasteiger partial charge in [-0.25, -0.2) is 4.79 Å². The molecular weight excluding hydrogens is 362 g/mol. The van der Waals surface area contributed by atoms with Crippen LogP contribution >= 0.6 is 0 Å². The smallest absolute Gasteiger partial charge is 0.336 e. The number of carbonyl (C=O) groups excluding carboxylic acids is 2. The molecule has 1 atom stereocenters. The molecule has 0 heterocycles. The van der Waals surface area contributed by atoms with Crippen molar-refractivity contribution < 1.29 is 14.4 Å². The van der Waals surface area contributed by atoms with E-state index in [0.29, 0.717) is 0 Å². The maximum Gasteiger partial charge on any atom is 0.358 e. The molecular formula is C25H45NO3. The number of hydrogen-bond acceptors (Lipinski definition) is 3. The zero-order chi connectivity index (χ0) is 21.7. The predicted molar refractivity (Wildman–Crippen MR) is 122 cm³/mol. The van der Waals surface area contributed by atoms with Crippen LogP contribution in [-0.4, -0.2) is 11.9 Å². The van der Waals surface area contributed by atoms with E-state index < -0.39 is 5.97 Å². The van der Waals surface area contributed by atoms with Crippen molar-refractivity contribution in [3.63, 3.8) is 0 Å². The number of carbonyl (C=O) groups is 2. The third kappa shape index (κ3) is 17.0. The number of hydroxylamine groups is 1. The van der Waals surface area contributed by atoms with Gasteiger partial charge in [-0.3, -0.25) is 4.79 Å². The van der Waals surface area contributed by atoms with Gasteiger partial charge >= 0.3 is 5.97 Å². The Kier molecular flexibility index (Phi) is 18.6. The molecule has 0 spiro atoms. The molecule has 0 aliphatic rings. The summed E-state index contributed by atoms with van der Waals surface area (Å²) in [5, 5.41) is 0. The highest BCUT2D eigenvalue weighted by atomic mass is 16.7. The van der Waals surface area contributed by atoms with E-state index in [4.69, 9.17) is 4.84 Å². The van der Waals surface area contributed by atoms with Gasteiger partial charge in [-0.15, -0.1) is 0 Å². The second-order valence-corrected chi connectivity index (χ2v) is 8.14. The quantitative estimate of drug-likeness (QED) is 0.113. The van der Waals surface area contributed by atoms with Crippen LogP contribution in [0.2, 0.25) is 0 Å². The van der Waals surface area contributed by atoms with Gasteiger partial charge in [0.15, 0.2) is 0 Å². The van der Waals surface area contributed by atoms with Crippen LogP contribution in [0.5, 0.6) is 0 Å². The Morgan fingerprint density at radius 1 is 0.828 bits per heavy atom. The molecule has 0 saturated carbocycles. The second-order valence-electron chi connectivity index (χ2n) is 8.14. The first-order valence-corrected chi connectivity index (χ1v) is 11.8. The van der Waals surface area contributed by atoms with Gasteiger partial charge in [0.1, 0.15) is 0 Å². The Morgan fingerprint density at radius 3 is 1.93 bits per heavy atom. The minimum Gasteiger partial charge on any atom is -0.336 e. The zero-order valence-corrected chi connectivity index (χ0v) is 19.3. The first kappa shape index (κ1) is 27.4. The van der Waals surface area contributed by atoms with Crippen molar-refractivity contribution >= 4 is 11.9 Å². The summed E-state index contributed by atoms with van der Waals surface area (Å²) in [6, 6.07) is 0. The Labute approximate surface area is 179 Å². The van der Waals surface area contributed by atoms with Gasteiger partial charge in [0.25, 0.3) is 5.91 Å². The second kappa shape index (κ2) is 19.7. The molecule has 1 unspecified atom stereocenters. The Hall–Kier alpha value is -1.58. The fourth-order valence-corrected chi connectivity index (χ4v) is 3.31. The predicted octanol–water partition coefficient (Wildman–Crippen LogP) is 7.20. The van der Waals surface area contributed by atoms with Crippen LogP contribution in [0.15, 0.2) is 24.3 Å². The highest BCUT2D eigenvalue weighted by Gasteiger charge is 2.18. The summed E-state index contributed by atoms with van der Waals surface area (Å²) < 4.78 is 0. The summed E-state index contributed by atoms with van der Waals surface area (Å²) >= 11 is 0. The summed E-state index contributed by atoms with van der Waals surface area (Å²) in [5.74, 6) is -0.868. The van der Waals surface area contributed by atoms with Crippen LogP contribution in [0.3, 0.4) is 0 Å². The normalized spacial score (nSPS) is 12.1. The first-order chi connectivity index (χ1) is 14.0. The highest BCUT2D eigenvalue weighted by Crippen LogP contribution is 2.17. The molecule has 1 amide bonds. The molecule has 0 saturated heterocycles. The van der Waals surface area contributed by atoms with E-state index in [1.165, 1.54) is 57.8 Å². The van der Waals surface area contributed by atoms with Crippen molar-refractivity contribution in [3.8, 4) is 0 Å². The fraction of sp³-hybridized carbons (Fsp3) is 0.760. The molecule has 0 bridgehead atoms. The van der Waals surface area contributed by atoms with Crippen LogP contribution in [0, 0.1) is 5.92 Å². The molecule has 0 aliphatic heterocycles. The van der Waals surface area contributed by atoms with Gasteiger partial charge in [-0.1, -0.05) is 90.4 Å². The molecule has 0 aromatic rings. The van der Waals surface area contributed by atoms with Crippen molar-refractivity contribution in [1.82, 2.24) is 5.48 Å². The van der Waals surface area contributed by atoms with E-state index in [9.17, 15) is 9.59 Å². The molecule has 0 aromatic carbocycles. The summed E-state index contributed by atoms with van der Waals surface area (Å²) in [6.07, 6.45) is 22.4. The lowest BCUT2D eigenvalue weighted by Crippen LogP contribution is -2.33. The van der Waals surface area contributed by atoms with Gasteiger partial charge in [0, 0.05) is 11.5 Å². The molecule has 4 heteroatoms.